The molecule has 80 valence electrons. The van der Waals surface area contributed by atoms with Crippen LogP contribution in [0, 0.1) is 5.82 Å². The highest BCUT2D eigenvalue weighted by Gasteiger charge is 2.15. The first-order chi connectivity index (χ1) is 7.20. The summed E-state index contributed by atoms with van der Waals surface area (Å²) in [4.78, 5) is 13.0. The van der Waals surface area contributed by atoms with E-state index < -0.39 is 11.8 Å². The van der Waals surface area contributed by atoms with Crippen LogP contribution in [0.25, 0.3) is 10.9 Å². The fourth-order valence-corrected chi connectivity index (χ4v) is 1.26. The molecule has 2 rings (SSSR count). The number of aromatic carboxylic acids is 1. The van der Waals surface area contributed by atoms with Crippen LogP contribution in [0.5, 0.6) is 0 Å². The van der Waals surface area contributed by atoms with Gasteiger partial charge in [0, 0.05) is 10.9 Å². The summed E-state index contributed by atoms with van der Waals surface area (Å²) >= 11 is 0. The van der Waals surface area contributed by atoms with E-state index in [0.29, 0.717) is 10.9 Å². The predicted octanol–water partition coefficient (Wildman–Crippen LogP) is 3.03. The maximum Gasteiger partial charge on any atom is 0.355 e. The number of fused-ring (bicyclic) bond motifs is 1. The van der Waals surface area contributed by atoms with Gasteiger partial charge in [0.05, 0.1) is 0 Å². The summed E-state index contributed by atoms with van der Waals surface area (Å²) < 4.78 is 13.3. The van der Waals surface area contributed by atoms with Gasteiger partial charge in [0.25, 0.3) is 0 Å². The molecule has 1 aromatic heterocycles. The molecule has 4 heteroatoms. The molecule has 0 saturated carbocycles. The van der Waals surface area contributed by atoms with Gasteiger partial charge in [-0.05, 0) is 12.1 Å². The Balaban J connectivity index is 0.000000531. The topological polar surface area (TPSA) is 53.1 Å². The summed E-state index contributed by atoms with van der Waals surface area (Å²) in [5, 5.41) is 8.90. The van der Waals surface area contributed by atoms with Crippen molar-refractivity contribution in [1.82, 2.24) is 4.98 Å². The van der Waals surface area contributed by atoms with E-state index in [-0.39, 0.29) is 5.69 Å². The van der Waals surface area contributed by atoms with E-state index in [1.807, 2.05) is 13.8 Å². The number of halogens is 1. The lowest BCUT2D eigenvalue weighted by molar-refractivity contribution is 0.0686. The van der Waals surface area contributed by atoms with E-state index in [0.717, 1.165) is 0 Å². The van der Waals surface area contributed by atoms with Crippen LogP contribution >= 0.6 is 0 Å². The second kappa shape index (κ2) is 4.59. The average Bonchev–Trinajstić information content (AvgIpc) is 2.60. The summed E-state index contributed by atoms with van der Waals surface area (Å²) in [5.41, 5.74) is 0.110. The second-order valence-electron chi connectivity index (χ2n) is 2.66. The van der Waals surface area contributed by atoms with Gasteiger partial charge in [0.2, 0.25) is 0 Å². The van der Waals surface area contributed by atoms with Gasteiger partial charge < -0.3 is 10.1 Å². The highest BCUT2D eigenvalue weighted by Crippen LogP contribution is 2.19. The Morgan fingerprint density at radius 2 is 1.93 bits per heavy atom. The molecule has 15 heavy (non-hydrogen) atoms. The van der Waals surface area contributed by atoms with Gasteiger partial charge in [-0.2, -0.15) is 0 Å². The minimum atomic E-state index is -1.28. The van der Waals surface area contributed by atoms with Crippen LogP contribution in [0.2, 0.25) is 0 Å². The van der Waals surface area contributed by atoms with Crippen molar-refractivity contribution >= 4 is 16.9 Å². The Hall–Kier alpha value is -1.84. The lowest BCUT2D eigenvalue weighted by Gasteiger charge is -1.85. The molecule has 0 aliphatic carbocycles. The SMILES string of the molecule is CC.O=C(O)c1[nH]c2ccccc2c1F. The summed E-state index contributed by atoms with van der Waals surface area (Å²) in [5.74, 6) is -1.99. The Morgan fingerprint density at radius 1 is 1.33 bits per heavy atom. The number of carbonyl (C=O) groups is 1. The van der Waals surface area contributed by atoms with Gasteiger partial charge in [0.15, 0.2) is 11.5 Å². The quantitative estimate of drug-likeness (QED) is 0.758. The summed E-state index contributed by atoms with van der Waals surface area (Å²) in [6, 6.07) is 6.53. The minimum absolute atomic E-state index is 0.305. The smallest absolute Gasteiger partial charge is 0.355 e. The Morgan fingerprint density at radius 3 is 2.47 bits per heavy atom. The van der Waals surface area contributed by atoms with Gasteiger partial charge in [-0.15, -0.1) is 0 Å². The first-order valence-corrected chi connectivity index (χ1v) is 4.69. The first kappa shape index (κ1) is 11.2. The minimum Gasteiger partial charge on any atom is -0.476 e. The molecular weight excluding hydrogens is 197 g/mol. The summed E-state index contributed by atoms with van der Waals surface area (Å²) in [7, 11) is 0. The van der Waals surface area contributed by atoms with E-state index in [1.165, 1.54) is 6.07 Å². The van der Waals surface area contributed by atoms with Crippen LogP contribution < -0.4 is 0 Å². The molecule has 0 fully saturated rings. The number of benzene rings is 1. The van der Waals surface area contributed by atoms with Crippen molar-refractivity contribution in [3.8, 4) is 0 Å². The molecule has 0 bridgehead atoms. The molecule has 3 nitrogen and oxygen atoms in total. The fourth-order valence-electron chi connectivity index (χ4n) is 1.26. The fraction of sp³-hybridized carbons (Fsp3) is 0.182. The van der Waals surface area contributed by atoms with E-state index in [2.05, 4.69) is 4.98 Å². The molecule has 0 unspecified atom stereocenters. The maximum absolute atomic E-state index is 13.3. The van der Waals surface area contributed by atoms with Crippen LogP contribution in [0.4, 0.5) is 4.39 Å². The van der Waals surface area contributed by atoms with Crippen LogP contribution in [0.3, 0.4) is 0 Å². The highest BCUT2D eigenvalue weighted by atomic mass is 19.1. The second-order valence-corrected chi connectivity index (χ2v) is 2.66. The average molecular weight is 209 g/mol. The lowest BCUT2D eigenvalue weighted by Crippen LogP contribution is -1.98. The third-order valence-electron chi connectivity index (χ3n) is 1.86. The third kappa shape index (κ3) is 1.98. The lowest BCUT2D eigenvalue weighted by atomic mass is 10.2. The van der Waals surface area contributed by atoms with E-state index >= 15 is 0 Å². The van der Waals surface area contributed by atoms with Crippen molar-refractivity contribution in [2.75, 3.05) is 0 Å². The molecule has 1 heterocycles. The molecule has 2 aromatic rings. The van der Waals surface area contributed by atoms with Crippen LogP contribution in [0.1, 0.15) is 24.3 Å². The summed E-state index contributed by atoms with van der Waals surface area (Å²) in [6.07, 6.45) is 0. The summed E-state index contributed by atoms with van der Waals surface area (Å²) in [6.45, 7) is 4.00. The number of rotatable bonds is 1. The number of hydrogen-bond acceptors (Lipinski definition) is 1. The van der Waals surface area contributed by atoms with Crippen molar-refractivity contribution in [1.29, 1.82) is 0 Å². The number of carboxylic acid groups (broad SMARTS) is 1. The van der Waals surface area contributed by atoms with Crippen molar-refractivity contribution in [3.05, 3.63) is 35.8 Å². The van der Waals surface area contributed by atoms with Gasteiger partial charge in [-0.25, -0.2) is 9.18 Å². The molecule has 2 N–H and O–H groups in total. The zero-order valence-electron chi connectivity index (χ0n) is 8.54. The van der Waals surface area contributed by atoms with Crippen molar-refractivity contribution in [3.63, 3.8) is 0 Å². The van der Waals surface area contributed by atoms with Gasteiger partial charge >= 0.3 is 5.97 Å². The molecule has 0 atom stereocenters. The van der Waals surface area contributed by atoms with Crippen molar-refractivity contribution in [2.24, 2.45) is 0 Å². The van der Waals surface area contributed by atoms with Crippen LogP contribution in [0.15, 0.2) is 24.3 Å². The highest BCUT2D eigenvalue weighted by molar-refractivity contribution is 5.94. The first-order valence-electron chi connectivity index (χ1n) is 4.69. The van der Waals surface area contributed by atoms with E-state index in [9.17, 15) is 9.18 Å². The van der Waals surface area contributed by atoms with Gasteiger partial charge in [0.1, 0.15) is 0 Å². The monoisotopic (exact) mass is 209 g/mol. The molecule has 0 radical (unpaired) electrons. The Kier molecular flexibility index (Phi) is 3.44. The normalized spacial score (nSPS) is 9.53. The molecule has 0 spiro atoms. The third-order valence-corrected chi connectivity index (χ3v) is 1.86. The zero-order valence-corrected chi connectivity index (χ0v) is 8.54. The molecule has 0 saturated heterocycles. The predicted molar refractivity (Wildman–Crippen MR) is 56.6 cm³/mol. The van der Waals surface area contributed by atoms with E-state index in [1.54, 1.807) is 18.2 Å². The van der Waals surface area contributed by atoms with Gasteiger partial charge in [-0.3, -0.25) is 0 Å². The Bertz CT molecular complexity index is 476. The van der Waals surface area contributed by atoms with E-state index in [4.69, 9.17) is 5.11 Å². The molecular formula is C11H12FNO2. The number of aromatic amines is 1. The zero-order chi connectivity index (χ0) is 11.4. The number of hydrogen-bond donors (Lipinski definition) is 2. The Labute approximate surface area is 86.5 Å². The molecule has 0 aliphatic rings. The largest absolute Gasteiger partial charge is 0.476 e. The number of aromatic nitrogens is 1. The van der Waals surface area contributed by atoms with Gasteiger partial charge in [-0.1, -0.05) is 26.0 Å². The number of H-pyrrole nitrogens is 1. The van der Waals surface area contributed by atoms with Crippen LogP contribution in [-0.2, 0) is 0 Å². The van der Waals surface area contributed by atoms with Crippen LogP contribution in [-0.4, -0.2) is 16.1 Å². The molecule has 0 aliphatic heterocycles. The number of nitrogens with one attached hydrogen (secondary N) is 1. The van der Waals surface area contributed by atoms with Crippen molar-refractivity contribution < 1.29 is 14.3 Å². The molecule has 0 amide bonds. The number of carboxylic acids is 1. The molecule has 1 aromatic carbocycles. The number of para-hydroxylation sites is 1. The standard InChI is InChI=1S/C9H6FNO2.C2H6/c10-7-5-3-1-2-4-6(5)11-8(7)9(12)13;1-2/h1-4,11H,(H,12,13);1-2H3. The van der Waals surface area contributed by atoms with Crippen molar-refractivity contribution in [2.45, 2.75) is 13.8 Å². The maximum atomic E-state index is 13.3.